The summed E-state index contributed by atoms with van der Waals surface area (Å²) in [5.41, 5.74) is 8.62. The Morgan fingerprint density at radius 3 is 2.78 bits per heavy atom. The van der Waals surface area contributed by atoms with Crippen molar-refractivity contribution < 1.29 is 0 Å². The summed E-state index contributed by atoms with van der Waals surface area (Å²) >= 11 is 1.61. The molecule has 0 saturated heterocycles. The molecule has 0 amide bonds. The van der Waals surface area contributed by atoms with Gasteiger partial charge in [0.2, 0.25) is 0 Å². The van der Waals surface area contributed by atoms with Crippen LogP contribution in [0.15, 0.2) is 11.7 Å². The Morgan fingerprint density at radius 2 is 2.17 bits per heavy atom. The smallest absolute Gasteiger partial charge is 0.135 e. The number of aromatic nitrogens is 3. The zero-order valence-electron chi connectivity index (χ0n) is 10.8. The summed E-state index contributed by atoms with van der Waals surface area (Å²) in [4.78, 5) is 14.0. The van der Waals surface area contributed by atoms with Crippen molar-refractivity contribution in [3.63, 3.8) is 0 Å². The fourth-order valence-corrected chi connectivity index (χ4v) is 2.02. The molecule has 0 aliphatic heterocycles. The maximum Gasteiger partial charge on any atom is 0.135 e. The van der Waals surface area contributed by atoms with Crippen molar-refractivity contribution in [1.82, 2.24) is 15.0 Å². The molecule has 2 aromatic heterocycles. The Labute approximate surface area is 111 Å². The Balaban J connectivity index is 2.20. The van der Waals surface area contributed by atoms with E-state index < -0.39 is 0 Å². The molecule has 0 radical (unpaired) electrons. The van der Waals surface area contributed by atoms with Gasteiger partial charge >= 0.3 is 0 Å². The number of hydrogen-bond donors (Lipinski definition) is 2. The van der Waals surface area contributed by atoms with Crippen LogP contribution >= 0.6 is 11.3 Å². The lowest BCUT2D eigenvalue weighted by molar-refractivity contribution is 0.774. The number of anilines is 2. The third kappa shape index (κ3) is 2.76. The van der Waals surface area contributed by atoms with Crippen molar-refractivity contribution in [1.29, 1.82) is 0 Å². The van der Waals surface area contributed by atoms with Crippen LogP contribution < -0.4 is 11.1 Å². The molecule has 0 atom stereocenters. The second kappa shape index (κ2) is 5.30. The second-order valence-electron chi connectivity index (χ2n) is 4.42. The predicted molar refractivity (Wildman–Crippen MR) is 74.7 cm³/mol. The number of thiazole rings is 1. The van der Waals surface area contributed by atoms with E-state index in [1.807, 2.05) is 18.6 Å². The maximum atomic E-state index is 5.91. The van der Waals surface area contributed by atoms with E-state index in [-0.39, 0.29) is 5.92 Å². The van der Waals surface area contributed by atoms with E-state index in [0.717, 1.165) is 22.1 Å². The van der Waals surface area contributed by atoms with Gasteiger partial charge in [0.1, 0.15) is 17.5 Å². The molecular formula is C12H17N5S. The molecule has 0 aliphatic rings. The van der Waals surface area contributed by atoms with Gasteiger partial charge in [0, 0.05) is 22.6 Å². The molecule has 0 fully saturated rings. The summed E-state index contributed by atoms with van der Waals surface area (Å²) in [6, 6.07) is 0. The van der Waals surface area contributed by atoms with Gasteiger partial charge in [-0.2, -0.15) is 0 Å². The summed E-state index contributed by atoms with van der Waals surface area (Å²) < 4.78 is 0. The fraction of sp³-hybridized carbons (Fsp3) is 0.417. The molecule has 2 rings (SSSR count). The highest BCUT2D eigenvalue weighted by atomic mass is 32.1. The Kier molecular flexibility index (Phi) is 3.76. The minimum Gasteiger partial charge on any atom is -0.383 e. The monoisotopic (exact) mass is 263 g/mol. The summed E-state index contributed by atoms with van der Waals surface area (Å²) in [5, 5.41) is 3.29. The molecular weight excluding hydrogens is 246 g/mol. The SMILES string of the molecule is Cc1c(N)nc(C(C)C)nc1NCc1cncs1. The molecule has 18 heavy (non-hydrogen) atoms. The Bertz CT molecular complexity index is 522. The maximum absolute atomic E-state index is 5.91. The van der Waals surface area contributed by atoms with Crippen LogP contribution in [-0.2, 0) is 6.54 Å². The van der Waals surface area contributed by atoms with E-state index in [1.54, 1.807) is 11.3 Å². The first-order valence-electron chi connectivity index (χ1n) is 5.83. The third-order valence-electron chi connectivity index (χ3n) is 2.63. The molecule has 0 aliphatic carbocycles. The summed E-state index contributed by atoms with van der Waals surface area (Å²) in [7, 11) is 0. The Hall–Kier alpha value is -1.69. The lowest BCUT2D eigenvalue weighted by Gasteiger charge is -2.12. The number of nitrogens with one attached hydrogen (secondary N) is 1. The number of rotatable bonds is 4. The van der Waals surface area contributed by atoms with Gasteiger partial charge < -0.3 is 11.1 Å². The van der Waals surface area contributed by atoms with E-state index >= 15 is 0 Å². The molecule has 2 heterocycles. The van der Waals surface area contributed by atoms with Crippen molar-refractivity contribution in [2.75, 3.05) is 11.1 Å². The van der Waals surface area contributed by atoms with Crippen LogP contribution in [0.5, 0.6) is 0 Å². The van der Waals surface area contributed by atoms with Gasteiger partial charge in [-0.1, -0.05) is 13.8 Å². The van der Waals surface area contributed by atoms with Gasteiger partial charge in [0.25, 0.3) is 0 Å². The van der Waals surface area contributed by atoms with Crippen LogP contribution in [-0.4, -0.2) is 15.0 Å². The molecule has 2 aromatic rings. The van der Waals surface area contributed by atoms with Gasteiger partial charge in [0.05, 0.1) is 12.1 Å². The topological polar surface area (TPSA) is 76.7 Å². The van der Waals surface area contributed by atoms with Gasteiger partial charge in [0.15, 0.2) is 0 Å². The molecule has 96 valence electrons. The predicted octanol–water partition coefficient (Wildman–Crippen LogP) is 2.56. The molecule has 3 N–H and O–H groups in total. The highest BCUT2D eigenvalue weighted by molar-refractivity contribution is 7.09. The van der Waals surface area contributed by atoms with Gasteiger partial charge in [-0.25, -0.2) is 9.97 Å². The first-order valence-corrected chi connectivity index (χ1v) is 6.71. The molecule has 0 spiro atoms. The lowest BCUT2D eigenvalue weighted by Crippen LogP contribution is -2.10. The molecule has 0 aromatic carbocycles. The molecule has 6 heteroatoms. The normalized spacial score (nSPS) is 10.9. The standard InChI is InChI=1S/C12H17N5S/c1-7(2)11-16-10(13)8(3)12(17-11)15-5-9-4-14-6-18-9/h4,6-7H,5H2,1-3H3,(H3,13,15,16,17). The van der Waals surface area contributed by atoms with E-state index in [1.165, 1.54) is 0 Å². The Morgan fingerprint density at radius 1 is 1.39 bits per heavy atom. The van der Waals surface area contributed by atoms with E-state index in [0.29, 0.717) is 12.4 Å². The number of hydrogen-bond acceptors (Lipinski definition) is 6. The first kappa shape index (κ1) is 12.8. The molecule has 0 bridgehead atoms. The lowest BCUT2D eigenvalue weighted by atomic mass is 10.2. The van der Waals surface area contributed by atoms with Gasteiger partial charge in [-0.05, 0) is 6.92 Å². The highest BCUT2D eigenvalue weighted by Crippen LogP contribution is 2.21. The van der Waals surface area contributed by atoms with E-state index in [9.17, 15) is 0 Å². The summed E-state index contributed by atoms with van der Waals surface area (Å²) in [6.07, 6.45) is 1.85. The number of nitrogens with zero attached hydrogens (tertiary/aromatic N) is 3. The summed E-state index contributed by atoms with van der Waals surface area (Å²) in [6.45, 7) is 6.74. The first-order chi connectivity index (χ1) is 8.58. The van der Waals surface area contributed by atoms with Crippen LogP contribution in [0.25, 0.3) is 0 Å². The van der Waals surface area contributed by atoms with Crippen molar-refractivity contribution in [3.8, 4) is 0 Å². The quantitative estimate of drug-likeness (QED) is 0.886. The van der Waals surface area contributed by atoms with E-state index in [2.05, 4.69) is 34.1 Å². The van der Waals surface area contributed by atoms with Crippen molar-refractivity contribution >= 4 is 23.0 Å². The second-order valence-corrected chi connectivity index (χ2v) is 5.39. The zero-order chi connectivity index (χ0) is 13.1. The summed E-state index contributed by atoms with van der Waals surface area (Å²) in [5.74, 6) is 2.38. The van der Waals surface area contributed by atoms with Gasteiger partial charge in [-0.15, -0.1) is 11.3 Å². The van der Waals surface area contributed by atoms with Crippen molar-refractivity contribution in [2.24, 2.45) is 0 Å². The largest absolute Gasteiger partial charge is 0.383 e. The number of nitrogen functional groups attached to an aromatic ring is 1. The van der Waals surface area contributed by atoms with Crippen LogP contribution in [0.2, 0.25) is 0 Å². The number of nitrogens with two attached hydrogens (primary N) is 1. The zero-order valence-corrected chi connectivity index (χ0v) is 11.6. The average Bonchev–Trinajstić information content (AvgIpc) is 2.83. The van der Waals surface area contributed by atoms with Crippen LogP contribution in [0.3, 0.4) is 0 Å². The van der Waals surface area contributed by atoms with Crippen molar-refractivity contribution in [3.05, 3.63) is 28.0 Å². The van der Waals surface area contributed by atoms with E-state index in [4.69, 9.17) is 5.73 Å². The molecule has 5 nitrogen and oxygen atoms in total. The minimum atomic E-state index is 0.261. The minimum absolute atomic E-state index is 0.261. The third-order valence-corrected chi connectivity index (χ3v) is 3.41. The van der Waals surface area contributed by atoms with Crippen LogP contribution in [0.1, 0.15) is 36.0 Å². The molecule has 0 unspecified atom stereocenters. The molecule has 0 saturated carbocycles. The highest BCUT2D eigenvalue weighted by Gasteiger charge is 2.11. The van der Waals surface area contributed by atoms with Gasteiger partial charge in [-0.3, -0.25) is 4.98 Å². The fourth-order valence-electron chi connectivity index (χ4n) is 1.48. The van der Waals surface area contributed by atoms with Crippen molar-refractivity contribution in [2.45, 2.75) is 33.2 Å². The van der Waals surface area contributed by atoms with Crippen LogP contribution in [0, 0.1) is 6.92 Å². The van der Waals surface area contributed by atoms with Crippen LogP contribution in [0.4, 0.5) is 11.6 Å². The average molecular weight is 263 g/mol.